The number of rotatable bonds is 4. The number of ketones is 1. The number of ether oxygens (including phenoxy) is 1. The Morgan fingerprint density at radius 2 is 2.00 bits per heavy atom. The first-order valence-corrected chi connectivity index (χ1v) is 7.12. The average molecular weight is 261 g/mol. The number of carbonyl (C=O) groups is 1. The van der Waals surface area contributed by atoms with Crippen LogP contribution < -0.4 is 10.5 Å². The largest absolute Gasteiger partial charge is 0.496 e. The predicted octanol–water partition coefficient (Wildman–Crippen LogP) is 2.96. The molecule has 0 heterocycles. The van der Waals surface area contributed by atoms with E-state index in [0.717, 1.165) is 37.7 Å². The zero-order valence-electron chi connectivity index (χ0n) is 11.8. The molecule has 0 spiro atoms. The third-order valence-corrected chi connectivity index (χ3v) is 4.08. The van der Waals surface area contributed by atoms with Crippen molar-refractivity contribution in [2.45, 2.75) is 45.1 Å². The van der Waals surface area contributed by atoms with Gasteiger partial charge < -0.3 is 10.5 Å². The molecule has 1 saturated carbocycles. The van der Waals surface area contributed by atoms with Gasteiger partial charge in [-0.3, -0.25) is 4.79 Å². The normalized spacial score (nSPS) is 23.1. The number of hydrogen-bond donors (Lipinski definition) is 1. The number of benzene rings is 1. The molecule has 19 heavy (non-hydrogen) atoms. The van der Waals surface area contributed by atoms with Gasteiger partial charge in [0.2, 0.25) is 0 Å². The van der Waals surface area contributed by atoms with Crippen LogP contribution >= 0.6 is 0 Å². The lowest BCUT2D eigenvalue weighted by Gasteiger charge is -2.25. The highest BCUT2D eigenvalue weighted by Gasteiger charge is 2.27. The third-order valence-electron chi connectivity index (χ3n) is 4.08. The molecule has 3 heteroatoms. The SMILES string of the molecule is CCc1ccc(OC)c(C(=O)C2CCC(N)CC2)c1. The van der Waals surface area contributed by atoms with Gasteiger partial charge in [0.05, 0.1) is 12.7 Å². The number of aryl methyl sites for hydroxylation is 1. The Labute approximate surface area is 115 Å². The van der Waals surface area contributed by atoms with Gasteiger partial charge >= 0.3 is 0 Å². The van der Waals surface area contributed by atoms with Crippen LogP contribution in [-0.2, 0) is 6.42 Å². The summed E-state index contributed by atoms with van der Waals surface area (Å²) < 4.78 is 5.33. The van der Waals surface area contributed by atoms with Crippen molar-refractivity contribution in [3.8, 4) is 5.75 Å². The smallest absolute Gasteiger partial charge is 0.169 e. The Bertz CT molecular complexity index is 448. The summed E-state index contributed by atoms with van der Waals surface area (Å²) in [6.07, 6.45) is 4.64. The van der Waals surface area contributed by atoms with Crippen LogP contribution in [0.25, 0.3) is 0 Å². The lowest BCUT2D eigenvalue weighted by molar-refractivity contribution is 0.0881. The Morgan fingerprint density at radius 3 is 2.58 bits per heavy atom. The molecule has 0 radical (unpaired) electrons. The molecular weight excluding hydrogens is 238 g/mol. The van der Waals surface area contributed by atoms with E-state index in [-0.39, 0.29) is 17.7 Å². The highest BCUT2D eigenvalue weighted by Crippen LogP contribution is 2.30. The number of carbonyl (C=O) groups excluding carboxylic acids is 1. The first kappa shape index (κ1) is 14.1. The van der Waals surface area contributed by atoms with Crippen molar-refractivity contribution in [3.05, 3.63) is 29.3 Å². The molecule has 1 aromatic carbocycles. The van der Waals surface area contributed by atoms with Gasteiger partial charge in [-0.2, -0.15) is 0 Å². The molecule has 2 N–H and O–H groups in total. The molecule has 0 unspecified atom stereocenters. The van der Waals surface area contributed by atoms with Crippen molar-refractivity contribution in [2.24, 2.45) is 11.7 Å². The second-order valence-corrected chi connectivity index (χ2v) is 5.36. The quantitative estimate of drug-likeness (QED) is 0.848. The Morgan fingerprint density at radius 1 is 1.32 bits per heavy atom. The van der Waals surface area contributed by atoms with Gasteiger partial charge in [-0.05, 0) is 49.8 Å². The van der Waals surface area contributed by atoms with Crippen molar-refractivity contribution < 1.29 is 9.53 Å². The Kier molecular flexibility index (Phi) is 4.59. The summed E-state index contributed by atoms with van der Waals surface area (Å²) in [5.74, 6) is 1.02. The van der Waals surface area contributed by atoms with Gasteiger partial charge in [-0.1, -0.05) is 13.0 Å². The van der Waals surface area contributed by atoms with Gasteiger partial charge in [0.1, 0.15) is 5.75 Å². The fourth-order valence-corrected chi connectivity index (χ4v) is 2.77. The molecule has 104 valence electrons. The molecule has 3 nitrogen and oxygen atoms in total. The maximum atomic E-state index is 12.6. The molecule has 0 amide bonds. The molecule has 1 fully saturated rings. The van der Waals surface area contributed by atoms with Crippen molar-refractivity contribution in [1.29, 1.82) is 0 Å². The zero-order valence-corrected chi connectivity index (χ0v) is 11.8. The molecular formula is C16H23NO2. The van der Waals surface area contributed by atoms with Crippen LogP contribution in [0.5, 0.6) is 5.75 Å². The second-order valence-electron chi connectivity index (χ2n) is 5.36. The molecule has 0 atom stereocenters. The second kappa shape index (κ2) is 6.20. The molecule has 0 aliphatic heterocycles. The van der Waals surface area contributed by atoms with Gasteiger partial charge in [-0.15, -0.1) is 0 Å². The van der Waals surface area contributed by atoms with Crippen LogP contribution in [0.15, 0.2) is 18.2 Å². The lowest BCUT2D eigenvalue weighted by atomic mass is 9.81. The first-order chi connectivity index (χ1) is 9.15. The van der Waals surface area contributed by atoms with Gasteiger partial charge in [0.25, 0.3) is 0 Å². The Hall–Kier alpha value is -1.35. The number of methoxy groups -OCH3 is 1. The zero-order chi connectivity index (χ0) is 13.8. The van der Waals surface area contributed by atoms with Crippen LogP contribution in [0, 0.1) is 5.92 Å². The average Bonchev–Trinajstić information content (AvgIpc) is 2.46. The summed E-state index contributed by atoms with van der Waals surface area (Å²) in [4.78, 5) is 12.6. The van der Waals surface area contributed by atoms with E-state index in [0.29, 0.717) is 5.75 Å². The minimum atomic E-state index is 0.112. The summed E-state index contributed by atoms with van der Waals surface area (Å²) in [7, 11) is 1.62. The molecule has 1 aromatic rings. The van der Waals surface area contributed by atoms with Gasteiger partial charge in [0.15, 0.2) is 5.78 Å². The summed E-state index contributed by atoms with van der Waals surface area (Å²) in [5, 5.41) is 0. The van der Waals surface area contributed by atoms with Crippen molar-refractivity contribution in [3.63, 3.8) is 0 Å². The summed E-state index contributed by atoms with van der Waals surface area (Å²) >= 11 is 0. The highest BCUT2D eigenvalue weighted by atomic mass is 16.5. The van der Waals surface area contributed by atoms with E-state index < -0.39 is 0 Å². The van der Waals surface area contributed by atoms with Crippen molar-refractivity contribution >= 4 is 5.78 Å². The van der Waals surface area contributed by atoms with Crippen LogP contribution in [0.3, 0.4) is 0 Å². The monoisotopic (exact) mass is 261 g/mol. The van der Waals surface area contributed by atoms with Crippen molar-refractivity contribution in [2.75, 3.05) is 7.11 Å². The standard InChI is InChI=1S/C16H23NO2/c1-3-11-4-9-15(19-2)14(10-11)16(18)12-5-7-13(17)8-6-12/h4,9-10,12-13H,3,5-8,17H2,1-2H3. The highest BCUT2D eigenvalue weighted by molar-refractivity contribution is 6.00. The van der Waals surface area contributed by atoms with Crippen LogP contribution in [0.1, 0.15) is 48.5 Å². The molecule has 0 saturated heterocycles. The number of hydrogen-bond acceptors (Lipinski definition) is 3. The fraction of sp³-hybridized carbons (Fsp3) is 0.562. The number of nitrogens with two attached hydrogens (primary N) is 1. The summed E-state index contributed by atoms with van der Waals surface area (Å²) in [5.41, 5.74) is 7.82. The van der Waals surface area contributed by atoms with E-state index in [1.165, 1.54) is 5.56 Å². The summed E-state index contributed by atoms with van der Waals surface area (Å²) in [6, 6.07) is 6.18. The summed E-state index contributed by atoms with van der Waals surface area (Å²) in [6.45, 7) is 2.09. The maximum Gasteiger partial charge on any atom is 0.169 e. The fourth-order valence-electron chi connectivity index (χ4n) is 2.77. The molecule has 0 bridgehead atoms. The van der Waals surface area contributed by atoms with Crippen LogP contribution in [-0.4, -0.2) is 18.9 Å². The van der Waals surface area contributed by atoms with E-state index in [2.05, 4.69) is 6.92 Å². The Balaban J connectivity index is 2.22. The minimum Gasteiger partial charge on any atom is -0.496 e. The first-order valence-electron chi connectivity index (χ1n) is 7.12. The minimum absolute atomic E-state index is 0.112. The van der Waals surface area contributed by atoms with E-state index in [1.54, 1.807) is 7.11 Å². The van der Waals surface area contributed by atoms with E-state index >= 15 is 0 Å². The molecule has 1 aliphatic rings. The van der Waals surface area contributed by atoms with Crippen LogP contribution in [0.4, 0.5) is 0 Å². The third kappa shape index (κ3) is 3.16. The molecule has 1 aliphatic carbocycles. The van der Waals surface area contributed by atoms with Gasteiger partial charge in [0, 0.05) is 12.0 Å². The van der Waals surface area contributed by atoms with Crippen LogP contribution in [0.2, 0.25) is 0 Å². The van der Waals surface area contributed by atoms with E-state index in [4.69, 9.17) is 10.5 Å². The lowest BCUT2D eigenvalue weighted by Crippen LogP contribution is -2.30. The topological polar surface area (TPSA) is 52.3 Å². The maximum absolute atomic E-state index is 12.6. The van der Waals surface area contributed by atoms with E-state index in [1.807, 2.05) is 18.2 Å². The van der Waals surface area contributed by atoms with Gasteiger partial charge in [-0.25, -0.2) is 0 Å². The molecule has 0 aromatic heterocycles. The molecule has 2 rings (SSSR count). The van der Waals surface area contributed by atoms with Crippen molar-refractivity contribution in [1.82, 2.24) is 0 Å². The number of Topliss-reactive ketones (excluding diaryl/α,β-unsaturated/α-hetero) is 1. The predicted molar refractivity (Wildman–Crippen MR) is 76.6 cm³/mol. The van der Waals surface area contributed by atoms with E-state index in [9.17, 15) is 4.79 Å².